The van der Waals surface area contributed by atoms with E-state index in [2.05, 4.69) is 30.9 Å². The van der Waals surface area contributed by atoms with Gasteiger partial charge in [-0.2, -0.15) is 0 Å². The number of carbonyl (C=O) groups excluding carboxylic acids is 3. The molecule has 0 aliphatic carbocycles. The Morgan fingerprint density at radius 3 is 2.60 bits per heavy atom. The number of rotatable bonds is 9. The molecule has 6 N–H and O–H groups in total. The number of aromatic amines is 1. The average Bonchev–Trinajstić information content (AvgIpc) is 3.56. The standard InChI is InChI=1S/C29H29N7O4/c1-17-8-10-21(18(2)12-17)29(27(30)39)25(32-16-33-29)26(38)36-28-34-22-11-9-20(13-23(22)35-28)40-15-24(37)31-14-19-6-4-3-5-7-19/h3-13,16,25H,14-15H2,1-2H3,(H2,30,39)(H,31,37)(H,32,33)(H2,34,35,36,38). The third-order valence-electron chi connectivity index (χ3n) is 6.77. The van der Waals surface area contributed by atoms with Gasteiger partial charge >= 0.3 is 0 Å². The van der Waals surface area contributed by atoms with Gasteiger partial charge in [0.1, 0.15) is 5.75 Å². The largest absolute Gasteiger partial charge is 0.484 e. The predicted octanol–water partition coefficient (Wildman–Crippen LogP) is 2.19. The van der Waals surface area contributed by atoms with Gasteiger partial charge in [-0.1, -0.05) is 54.1 Å². The molecule has 0 spiro atoms. The molecule has 1 aliphatic rings. The Balaban J connectivity index is 1.26. The molecule has 0 fully saturated rings. The maximum Gasteiger partial charge on any atom is 0.258 e. The molecular weight excluding hydrogens is 510 g/mol. The number of ether oxygens (including phenoxy) is 1. The van der Waals surface area contributed by atoms with Crippen LogP contribution < -0.4 is 26.4 Å². The lowest BCUT2D eigenvalue weighted by molar-refractivity contribution is -0.129. The summed E-state index contributed by atoms with van der Waals surface area (Å²) in [4.78, 5) is 50.0. The van der Waals surface area contributed by atoms with E-state index in [0.29, 0.717) is 28.9 Å². The highest BCUT2D eigenvalue weighted by molar-refractivity contribution is 6.05. The molecule has 2 heterocycles. The molecule has 5 rings (SSSR count). The highest BCUT2D eigenvalue weighted by Crippen LogP contribution is 2.33. The Morgan fingerprint density at radius 2 is 1.85 bits per heavy atom. The maximum absolute atomic E-state index is 13.4. The number of aliphatic imine (C=N–C) groups is 1. The Hall–Kier alpha value is -5.19. The fraction of sp³-hybridized carbons (Fsp3) is 0.207. The topological polar surface area (TPSA) is 164 Å². The van der Waals surface area contributed by atoms with Crippen LogP contribution in [-0.4, -0.2) is 46.7 Å². The molecule has 2 unspecified atom stereocenters. The minimum absolute atomic E-state index is 0.156. The molecule has 4 aromatic rings. The number of imidazole rings is 1. The van der Waals surface area contributed by atoms with Crippen molar-refractivity contribution in [3.8, 4) is 5.75 Å². The number of fused-ring (bicyclic) bond motifs is 1. The molecular formula is C29H29N7O4. The van der Waals surface area contributed by atoms with Gasteiger partial charge in [-0.3, -0.25) is 24.7 Å². The number of primary amides is 1. The lowest BCUT2D eigenvalue weighted by Gasteiger charge is -2.32. The minimum atomic E-state index is -1.55. The van der Waals surface area contributed by atoms with Crippen molar-refractivity contribution in [3.05, 3.63) is 89.0 Å². The van der Waals surface area contributed by atoms with Gasteiger partial charge in [-0.05, 0) is 42.7 Å². The molecule has 11 nitrogen and oxygen atoms in total. The molecule has 0 bridgehead atoms. The minimum Gasteiger partial charge on any atom is -0.484 e. The number of aryl methyl sites for hydroxylation is 2. The van der Waals surface area contributed by atoms with Crippen LogP contribution in [0.4, 0.5) is 5.95 Å². The van der Waals surface area contributed by atoms with E-state index in [1.165, 1.54) is 6.34 Å². The number of hydrogen-bond acceptors (Lipinski definition) is 7. The number of aromatic nitrogens is 2. The number of amides is 3. The van der Waals surface area contributed by atoms with Crippen molar-refractivity contribution >= 4 is 41.0 Å². The number of carbonyl (C=O) groups is 3. The zero-order valence-electron chi connectivity index (χ0n) is 22.0. The average molecular weight is 540 g/mol. The first-order valence-electron chi connectivity index (χ1n) is 12.7. The van der Waals surface area contributed by atoms with E-state index < -0.39 is 23.4 Å². The maximum atomic E-state index is 13.4. The second-order valence-electron chi connectivity index (χ2n) is 9.62. The molecule has 0 saturated heterocycles. The van der Waals surface area contributed by atoms with Gasteiger partial charge < -0.3 is 26.1 Å². The van der Waals surface area contributed by atoms with E-state index in [0.717, 1.165) is 16.7 Å². The summed E-state index contributed by atoms with van der Waals surface area (Å²) in [6, 6.07) is 19.0. The van der Waals surface area contributed by atoms with Crippen molar-refractivity contribution < 1.29 is 19.1 Å². The van der Waals surface area contributed by atoms with Crippen molar-refractivity contribution in [1.29, 1.82) is 0 Å². The first-order chi connectivity index (χ1) is 19.3. The normalized spacial score (nSPS) is 17.8. The molecule has 2 atom stereocenters. The Labute approximate surface area is 230 Å². The summed E-state index contributed by atoms with van der Waals surface area (Å²) in [5.41, 5.74) is 8.83. The fourth-order valence-electron chi connectivity index (χ4n) is 4.81. The highest BCUT2D eigenvalue weighted by atomic mass is 16.5. The van der Waals surface area contributed by atoms with Crippen LogP contribution in [0, 0.1) is 13.8 Å². The molecule has 1 aliphatic heterocycles. The van der Waals surface area contributed by atoms with Gasteiger partial charge in [0, 0.05) is 12.6 Å². The summed E-state index contributed by atoms with van der Waals surface area (Å²) in [7, 11) is 0. The summed E-state index contributed by atoms with van der Waals surface area (Å²) in [6.45, 7) is 4.05. The van der Waals surface area contributed by atoms with E-state index in [-0.39, 0.29) is 18.5 Å². The summed E-state index contributed by atoms with van der Waals surface area (Å²) >= 11 is 0. The zero-order valence-corrected chi connectivity index (χ0v) is 22.0. The SMILES string of the molecule is Cc1ccc(C2(C(N)=O)NC=NC2C(=O)Nc2nc3ccc(OCC(=O)NCc4ccccc4)cc3[nH]2)c(C)c1. The van der Waals surface area contributed by atoms with Crippen molar-refractivity contribution in [3.63, 3.8) is 0 Å². The second-order valence-corrected chi connectivity index (χ2v) is 9.62. The van der Waals surface area contributed by atoms with Crippen LogP contribution in [0.3, 0.4) is 0 Å². The summed E-state index contributed by atoms with van der Waals surface area (Å²) in [5.74, 6) is -0.925. The molecule has 1 aromatic heterocycles. The van der Waals surface area contributed by atoms with Crippen molar-refractivity contribution in [2.45, 2.75) is 32.0 Å². The van der Waals surface area contributed by atoms with Gasteiger partial charge in [0.2, 0.25) is 5.95 Å². The molecule has 0 saturated carbocycles. The van der Waals surface area contributed by atoms with E-state index in [1.54, 1.807) is 24.3 Å². The van der Waals surface area contributed by atoms with Crippen LogP contribution in [-0.2, 0) is 26.5 Å². The van der Waals surface area contributed by atoms with Crippen molar-refractivity contribution in [2.75, 3.05) is 11.9 Å². The molecule has 3 aromatic carbocycles. The lowest BCUT2D eigenvalue weighted by Crippen LogP contribution is -2.59. The molecule has 11 heteroatoms. The third-order valence-corrected chi connectivity index (χ3v) is 6.77. The summed E-state index contributed by atoms with van der Waals surface area (Å²) in [5, 5.41) is 8.46. The summed E-state index contributed by atoms with van der Waals surface area (Å²) in [6.07, 6.45) is 1.33. The Bertz CT molecular complexity index is 1620. The van der Waals surface area contributed by atoms with E-state index >= 15 is 0 Å². The number of anilines is 1. The Kier molecular flexibility index (Phi) is 7.19. The zero-order chi connectivity index (χ0) is 28.3. The van der Waals surface area contributed by atoms with Crippen LogP contribution in [0.25, 0.3) is 11.0 Å². The first-order valence-corrected chi connectivity index (χ1v) is 12.7. The van der Waals surface area contributed by atoms with Gasteiger partial charge in [-0.15, -0.1) is 0 Å². The molecule has 3 amide bonds. The van der Waals surface area contributed by atoms with Crippen LogP contribution in [0.1, 0.15) is 22.3 Å². The highest BCUT2D eigenvalue weighted by Gasteiger charge is 2.53. The third kappa shape index (κ3) is 5.21. The number of nitrogens with zero attached hydrogens (tertiary/aromatic N) is 2. The van der Waals surface area contributed by atoms with Gasteiger partial charge in [0.05, 0.1) is 17.4 Å². The monoisotopic (exact) mass is 539 g/mol. The quantitative estimate of drug-likeness (QED) is 0.219. The predicted molar refractivity (Wildman–Crippen MR) is 151 cm³/mol. The number of nitrogens with two attached hydrogens (primary N) is 1. The van der Waals surface area contributed by atoms with Crippen LogP contribution in [0.15, 0.2) is 71.7 Å². The van der Waals surface area contributed by atoms with Gasteiger partial charge in [0.25, 0.3) is 17.7 Å². The fourth-order valence-corrected chi connectivity index (χ4v) is 4.81. The number of hydrogen-bond donors (Lipinski definition) is 5. The van der Waals surface area contributed by atoms with E-state index in [4.69, 9.17) is 10.5 Å². The molecule has 40 heavy (non-hydrogen) atoms. The number of benzene rings is 3. The lowest BCUT2D eigenvalue weighted by atomic mass is 9.80. The second kappa shape index (κ2) is 10.9. The first kappa shape index (κ1) is 26.4. The van der Waals surface area contributed by atoms with Crippen molar-refractivity contribution in [1.82, 2.24) is 20.6 Å². The van der Waals surface area contributed by atoms with Crippen molar-refractivity contribution in [2.24, 2.45) is 10.7 Å². The number of nitrogens with one attached hydrogen (secondary N) is 4. The summed E-state index contributed by atoms with van der Waals surface area (Å²) < 4.78 is 5.63. The van der Waals surface area contributed by atoms with Gasteiger partial charge in [-0.25, -0.2) is 4.98 Å². The van der Waals surface area contributed by atoms with Gasteiger partial charge in [0.15, 0.2) is 18.2 Å². The van der Waals surface area contributed by atoms with Crippen LogP contribution in [0.5, 0.6) is 5.75 Å². The van der Waals surface area contributed by atoms with E-state index in [9.17, 15) is 14.4 Å². The molecule has 0 radical (unpaired) electrons. The van der Waals surface area contributed by atoms with Crippen LogP contribution in [0.2, 0.25) is 0 Å². The van der Waals surface area contributed by atoms with Crippen LogP contribution >= 0.6 is 0 Å². The smallest absolute Gasteiger partial charge is 0.258 e. The Morgan fingerprint density at radius 1 is 1.05 bits per heavy atom. The number of H-pyrrole nitrogens is 1. The van der Waals surface area contributed by atoms with E-state index in [1.807, 2.05) is 56.3 Å². The molecule has 204 valence electrons.